The van der Waals surface area contributed by atoms with Crippen LogP contribution in [0.4, 0.5) is 0 Å². The Morgan fingerprint density at radius 2 is 1.89 bits per heavy atom. The SMILES string of the molecule is CCN(CC)C(=O)/C=C/C=C/c1ccccc1OC. The van der Waals surface area contributed by atoms with Crippen LogP contribution in [0.2, 0.25) is 0 Å². The highest BCUT2D eigenvalue weighted by atomic mass is 16.5. The summed E-state index contributed by atoms with van der Waals surface area (Å²) in [6.07, 6.45) is 7.11. The number of carbonyl (C=O) groups excluding carboxylic acids is 1. The average molecular weight is 259 g/mol. The number of allylic oxidation sites excluding steroid dienone is 2. The molecule has 0 aromatic heterocycles. The van der Waals surface area contributed by atoms with Crippen LogP contribution in [0.3, 0.4) is 0 Å². The number of methoxy groups -OCH3 is 1. The van der Waals surface area contributed by atoms with Crippen molar-refractivity contribution in [2.45, 2.75) is 13.8 Å². The van der Waals surface area contributed by atoms with Gasteiger partial charge in [-0.1, -0.05) is 36.4 Å². The van der Waals surface area contributed by atoms with Crippen LogP contribution in [0.1, 0.15) is 19.4 Å². The van der Waals surface area contributed by atoms with Gasteiger partial charge < -0.3 is 9.64 Å². The van der Waals surface area contributed by atoms with Gasteiger partial charge in [-0.2, -0.15) is 0 Å². The molecule has 0 aliphatic heterocycles. The Labute approximate surface area is 115 Å². The smallest absolute Gasteiger partial charge is 0.246 e. The number of likely N-dealkylation sites (N-methyl/N-ethyl adjacent to an activating group) is 1. The van der Waals surface area contributed by atoms with E-state index in [-0.39, 0.29) is 5.91 Å². The number of rotatable bonds is 6. The Morgan fingerprint density at radius 3 is 2.53 bits per heavy atom. The molecule has 3 nitrogen and oxygen atoms in total. The van der Waals surface area contributed by atoms with Crippen molar-refractivity contribution in [3.63, 3.8) is 0 Å². The van der Waals surface area contributed by atoms with E-state index in [9.17, 15) is 4.79 Å². The number of benzene rings is 1. The predicted molar refractivity (Wildman–Crippen MR) is 79.1 cm³/mol. The molecule has 3 heteroatoms. The van der Waals surface area contributed by atoms with Gasteiger partial charge in [-0.25, -0.2) is 0 Å². The molecule has 0 bridgehead atoms. The van der Waals surface area contributed by atoms with Gasteiger partial charge in [-0.05, 0) is 19.9 Å². The molecule has 0 aliphatic carbocycles. The fourth-order valence-corrected chi connectivity index (χ4v) is 1.74. The molecule has 1 amide bonds. The van der Waals surface area contributed by atoms with Crippen molar-refractivity contribution in [1.82, 2.24) is 4.90 Å². The lowest BCUT2D eigenvalue weighted by atomic mass is 10.2. The summed E-state index contributed by atoms with van der Waals surface area (Å²) in [5, 5.41) is 0. The minimum absolute atomic E-state index is 0.0367. The summed E-state index contributed by atoms with van der Waals surface area (Å²) in [4.78, 5) is 13.5. The van der Waals surface area contributed by atoms with Crippen LogP contribution in [0.15, 0.2) is 42.5 Å². The first-order chi connectivity index (χ1) is 9.22. The number of hydrogen-bond donors (Lipinski definition) is 0. The highest BCUT2D eigenvalue weighted by Crippen LogP contribution is 2.18. The molecular weight excluding hydrogens is 238 g/mol. The molecule has 1 rings (SSSR count). The normalized spacial score (nSPS) is 11.1. The van der Waals surface area contributed by atoms with Gasteiger partial charge in [-0.3, -0.25) is 4.79 Å². The molecule has 0 unspecified atom stereocenters. The fraction of sp³-hybridized carbons (Fsp3) is 0.312. The van der Waals surface area contributed by atoms with Crippen molar-refractivity contribution in [2.75, 3.05) is 20.2 Å². The largest absolute Gasteiger partial charge is 0.496 e. The van der Waals surface area contributed by atoms with Gasteiger partial charge in [-0.15, -0.1) is 0 Å². The van der Waals surface area contributed by atoms with E-state index in [4.69, 9.17) is 4.74 Å². The third kappa shape index (κ3) is 4.62. The maximum absolute atomic E-state index is 11.7. The summed E-state index contributed by atoms with van der Waals surface area (Å²) in [6, 6.07) is 7.75. The maximum Gasteiger partial charge on any atom is 0.246 e. The zero-order chi connectivity index (χ0) is 14.1. The molecule has 0 radical (unpaired) electrons. The third-order valence-corrected chi connectivity index (χ3v) is 2.84. The van der Waals surface area contributed by atoms with Crippen molar-refractivity contribution in [2.24, 2.45) is 0 Å². The molecule has 0 N–H and O–H groups in total. The van der Waals surface area contributed by atoms with Crippen LogP contribution in [0.5, 0.6) is 5.75 Å². The van der Waals surface area contributed by atoms with Gasteiger partial charge in [0.2, 0.25) is 5.91 Å². The van der Waals surface area contributed by atoms with Crippen LogP contribution < -0.4 is 4.74 Å². The van der Waals surface area contributed by atoms with E-state index in [1.807, 2.05) is 50.3 Å². The second-order valence-corrected chi connectivity index (χ2v) is 3.97. The number of ether oxygens (including phenoxy) is 1. The average Bonchev–Trinajstić information content (AvgIpc) is 2.45. The minimum atomic E-state index is 0.0367. The highest BCUT2D eigenvalue weighted by molar-refractivity contribution is 5.88. The Balaban J connectivity index is 2.65. The molecule has 0 aliphatic rings. The molecule has 0 atom stereocenters. The molecule has 19 heavy (non-hydrogen) atoms. The Bertz CT molecular complexity index is 460. The number of hydrogen-bond acceptors (Lipinski definition) is 2. The van der Waals surface area contributed by atoms with E-state index in [1.54, 1.807) is 24.2 Å². The minimum Gasteiger partial charge on any atom is -0.496 e. The molecule has 0 saturated carbocycles. The maximum atomic E-state index is 11.7. The van der Waals surface area contributed by atoms with Gasteiger partial charge >= 0.3 is 0 Å². The van der Waals surface area contributed by atoms with Crippen molar-refractivity contribution in [1.29, 1.82) is 0 Å². The summed E-state index contributed by atoms with van der Waals surface area (Å²) < 4.78 is 5.25. The summed E-state index contributed by atoms with van der Waals surface area (Å²) in [7, 11) is 1.65. The van der Waals surface area contributed by atoms with E-state index in [0.29, 0.717) is 0 Å². The van der Waals surface area contributed by atoms with Crippen molar-refractivity contribution in [3.05, 3.63) is 48.1 Å². The van der Waals surface area contributed by atoms with Gasteiger partial charge in [0.05, 0.1) is 7.11 Å². The van der Waals surface area contributed by atoms with Crippen molar-refractivity contribution >= 4 is 12.0 Å². The second kappa shape index (κ2) is 8.14. The molecule has 102 valence electrons. The number of carbonyl (C=O) groups is 1. The summed E-state index contributed by atoms with van der Waals surface area (Å²) in [5.74, 6) is 0.858. The quantitative estimate of drug-likeness (QED) is 0.580. The standard InChI is InChI=1S/C16H21NO2/c1-4-17(5-2)16(18)13-9-7-11-14-10-6-8-12-15(14)19-3/h6-13H,4-5H2,1-3H3/b11-7+,13-9+. The van der Waals surface area contributed by atoms with E-state index in [0.717, 1.165) is 24.4 Å². The topological polar surface area (TPSA) is 29.5 Å². The second-order valence-electron chi connectivity index (χ2n) is 3.97. The fourth-order valence-electron chi connectivity index (χ4n) is 1.74. The first kappa shape index (κ1) is 15.0. The molecule has 0 heterocycles. The summed E-state index contributed by atoms with van der Waals surface area (Å²) in [6.45, 7) is 5.41. The molecule has 1 aromatic carbocycles. The Morgan fingerprint density at radius 1 is 1.21 bits per heavy atom. The highest BCUT2D eigenvalue weighted by Gasteiger charge is 2.03. The van der Waals surface area contributed by atoms with Gasteiger partial charge in [0.1, 0.15) is 5.75 Å². The van der Waals surface area contributed by atoms with Crippen molar-refractivity contribution < 1.29 is 9.53 Å². The van der Waals surface area contributed by atoms with Crippen LogP contribution in [-0.2, 0) is 4.79 Å². The summed E-state index contributed by atoms with van der Waals surface area (Å²) in [5.41, 5.74) is 0.991. The molecule has 0 fully saturated rings. The lowest BCUT2D eigenvalue weighted by Crippen LogP contribution is -2.28. The van der Waals surface area contributed by atoms with Crippen LogP contribution in [-0.4, -0.2) is 31.0 Å². The van der Waals surface area contributed by atoms with Crippen LogP contribution >= 0.6 is 0 Å². The molecule has 1 aromatic rings. The zero-order valence-electron chi connectivity index (χ0n) is 11.8. The van der Waals surface area contributed by atoms with Gasteiger partial charge in [0.15, 0.2) is 0 Å². The van der Waals surface area contributed by atoms with E-state index in [1.165, 1.54) is 0 Å². The number of amides is 1. The monoisotopic (exact) mass is 259 g/mol. The molecule has 0 saturated heterocycles. The number of nitrogens with zero attached hydrogens (tertiary/aromatic N) is 1. The first-order valence-corrected chi connectivity index (χ1v) is 6.49. The van der Waals surface area contributed by atoms with Crippen LogP contribution in [0.25, 0.3) is 6.08 Å². The number of para-hydroxylation sites is 1. The Kier molecular flexibility index (Phi) is 6.44. The van der Waals surface area contributed by atoms with Crippen molar-refractivity contribution in [3.8, 4) is 5.75 Å². The predicted octanol–water partition coefficient (Wildman–Crippen LogP) is 3.13. The first-order valence-electron chi connectivity index (χ1n) is 6.49. The Hall–Kier alpha value is -2.03. The van der Waals surface area contributed by atoms with E-state index in [2.05, 4.69) is 0 Å². The lowest BCUT2D eigenvalue weighted by Gasteiger charge is -2.15. The third-order valence-electron chi connectivity index (χ3n) is 2.84. The molecule has 0 spiro atoms. The molecular formula is C16H21NO2. The van der Waals surface area contributed by atoms with E-state index < -0.39 is 0 Å². The van der Waals surface area contributed by atoms with Gasteiger partial charge in [0, 0.05) is 24.7 Å². The lowest BCUT2D eigenvalue weighted by molar-refractivity contribution is -0.125. The van der Waals surface area contributed by atoms with Crippen LogP contribution in [0, 0.1) is 0 Å². The summed E-state index contributed by atoms with van der Waals surface area (Å²) >= 11 is 0. The van der Waals surface area contributed by atoms with E-state index >= 15 is 0 Å². The van der Waals surface area contributed by atoms with Gasteiger partial charge in [0.25, 0.3) is 0 Å². The zero-order valence-corrected chi connectivity index (χ0v) is 11.8.